The lowest BCUT2D eigenvalue weighted by atomic mass is 10.0. The van der Waals surface area contributed by atoms with E-state index >= 15 is 0 Å². The van der Waals surface area contributed by atoms with Crippen molar-refractivity contribution in [3.05, 3.63) is 99.9 Å². The second-order valence-electron chi connectivity index (χ2n) is 9.05. The van der Waals surface area contributed by atoms with Gasteiger partial charge in [0.1, 0.15) is 17.6 Å². The van der Waals surface area contributed by atoms with Crippen molar-refractivity contribution in [3.8, 4) is 11.5 Å². The molecule has 0 heterocycles. The minimum Gasteiger partial charge on any atom is -0.490 e. The molecule has 0 aliphatic heterocycles. The second kappa shape index (κ2) is 13.9. The van der Waals surface area contributed by atoms with Gasteiger partial charge in [0, 0.05) is 31.1 Å². The summed E-state index contributed by atoms with van der Waals surface area (Å²) in [6.45, 7) is 3.43. The number of amides is 2. The number of ether oxygens (including phenoxy) is 2. The summed E-state index contributed by atoms with van der Waals surface area (Å²) in [6.07, 6.45) is 0.961. The third-order valence-electron chi connectivity index (χ3n) is 6.25. The zero-order chi connectivity index (χ0) is 28.4. The molecule has 0 fully saturated rings. The van der Waals surface area contributed by atoms with Crippen LogP contribution in [0.5, 0.6) is 11.5 Å². The number of nitro benzene ring substituents is 1. The van der Waals surface area contributed by atoms with Crippen LogP contribution in [-0.4, -0.2) is 47.4 Å². The molecule has 206 valence electrons. The Labute approximate surface area is 226 Å². The first kappa shape index (κ1) is 29.1. The van der Waals surface area contributed by atoms with E-state index in [1.54, 1.807) is 12.1 Å². The summed E-state index contributed by atoms with van der Waals surface area (Å²) in [4.78, 5) is 39.1. The van der Waals surface area contributed by atoms with E-state index in [9.17, 15) is 24.1 Å². The van der Waals surface area contributed by atoms with Crippen LogP contribution in [0.1, 0.15) is 31.4 Å². The van der Waals surface area contributed by atoms with E-state index in [0.717, 1.165) is 5.56 Å². The Bertz CT molecular complexity index is 1270. The molecule has 0 aliphatic carbocycles. The summed E-state index contributed by atoms with van der Waals surface area (Å²) in [6, 6.07) is 18.0. The van der Waals surface area contributed by atoms with Crippen molar-refractivity contribution in [1.29, 1.82) is 0 Å². The highest BCUT2D eigenvalue weighted by Gasteiger charge is 2.31. The lowest BCUT2D eigenvalue weighted by Gasteiger charge is -2.32. The lowest BCUT2D eigenvalue weighted by Crippen LogP contribution is -2.53. The number of nitrogens with zero attached hydrogens (tertiary/aromatic N) is 2. The highest BCUT2D eigenvalue weighted by atomic mass is 19.1. The van der Waals surface area contributed by atoms with Gasteiger partial charge in [-0.05, 0) is 42.7 Å². The van der Waals surface area contributed by atoms with Crippen LogP contribution < -0.4 is 14.8 Å². The molecule has 9 nitrogen and oxygen atoms in total. The Balaban J connectivity index is 1.91. The number of hydrogen-bond donors (Lipinski definition) is 1. The third kappa shape index (κ3) is 8.26. The van der Waals surface area contributed by atoms with Crippen LogP contribution in [0, 0.1) is 15.9 Å². The number of methoxy groups -OCH3 is 1. The van der Waals surface area contributed by atoms with E-state index in [-0.39, 0.29) is 42.1 Å². The molecule has 3 rings (SSSR count). The van der Waals surface area contributed by atoms with Crippen molar-refractivity contribution < 1.29 is 28.4 Å². The predicted octanol–water partition coefficient (Wildman–Crippen LogP) is 4.68. The van der Waals surface area contributed by atoms with Gasteiger partial charge in [-0.25, -0.2) is 4.39 Å². The second-order valence-corrected chi connectivity index (χ2v) is 9.05. The zero-order valence-corrected chi connectivity index (χ0v) is 22.1. The number of benzene rings is 3. The van der Waals surface area contributed by atoms with Gasteiger partial charge in [0.05, 0.1) is 12.0 Å². The van der Waals surface area contributed by atoms with Crippen molar-refractivity contribution >= 4 is 17.5 Å². The maximum Gasteiger partial charge on any atom is 0.311 e. The van der Waals surface area contributed by atoms with Crippen LogP contribution in [-0.2, 0) is 22.6 Å². The van der Waals surface area contributed by atoms with E-state index in [2.05, 4.69) is 5.32 Å². The summed E-state index contributed by atoms with van der Waals surface area (Å²) in [7, 11) is 1.30. The van der Waals surface area contributed by atoms with Crippen molar-refractivity contribution in [2.24, 2.45) is 0 Å². The molecule has 2 unspecified atom stereocenters. The van der Waals surface area contributed by atoms with E-state index in [1.165, 1.54) is 42.3 Å². The number of rotatable bonds is 13. The molecule has 1 N–H and O–H groups in total. The van der Waals surface area contributed by atoms with Crippen LogP contribution in [0.2, 0.25) is 0 Å². The van der Waals surface area contributed by atoms with Gasteiger partial charge in [-0.15, -0.1) is 0 Å². The van der Waals surface area contributed by atoms with Crippen molar-refractivity contribution in [2.45, 2.75) is 45.3 Å². The smallest absolute Gasteiger partial charge is 0.311 e. The average Bonchev–Trinajstić information content (AvgIpc) is 2.94. The quantitative estimate of drug-likeness (QED) is 0.250. The monoisotopic (exact) mass is 537 g/mol. The zero-order valence-electron chi connectivity index (χ0n) is 22.1. The van der Waals surface area contributed by atoms with Crippen molar-refractivity contribution in [3.63, 3.8) is 0 Å². The summed E-state index contributed by atoms with van der Waals surface area (Å²) in [5.74, 6) is -1.04. The Hall–Kier alpha value is -4.47. The maximum atomic E-state index is 13.6. The number of carbonyl (C=O) groups excluding carboxylic acids is 2. The standard InChI is InChI=1S/C29H32FN3O6/c1-4-20(2)31-29(35)26(16-21-8-6-5-7-9-21)32(18-22-10-12-23(30)13-11-22)28(34)19-39-24-14-15-25(33(36)37)27(17-24)38-3/h5-15,17,20,26H,4,16,18-19H2,1-3H3,(H,31,35). The van der Waals surface area contributed by atoms with Crippen molar-refractivity contribution in [1.82, 2.24) is 10.2 Å². The molecule has 0 saturated heterocycles. The Morgan fingerprint density at radius 1 is 1.05 bits per heavy atom. The topological polar surface area (TPSA) is 111 Å². The minimum atomic E-state index is -0.881. The molecule has 0 saturated carbocycles. The lowest BCUT2D eigenvalue weighted by molar-refractivity contribution is -0.385. The first-order valence-corrected chi connectivity index (χ1v) is 12.5. The highest BCUT2D eigenvalue weighted by molar-refractivity contribution is 5.88. The van der Waals surface area contributed by atoms with E-state index in [1.807, 2.05) is 44.2 Å². The summed E-state index contributed by atoms with van der Waals surface area (Å²) >= 11 is 0. The Morgan fingerprint density at radius 3 is 2.36 bits per heavy atom. The van der Waals surface area contributed by atoms with Crippen LogP contribution >= 0.6 is 0 Å². The van der Waals surface area contributed by atoms with Gasteiger partial charge in [0.15, 0.2) is 6.61 Å². The molecule has 0 radical (unpaired) electrons. The molecular weight excluding hydrogens is 505 g/mol. The first-order valence-electron chi connectivity index (χ1n) is 12.5. The number of nitro groups is 1. The molecule has 0 aliphatic rings. The Kier molecular flexibility index (Phi) is 10.4. The number of hydrogen-bond acceptors (Lipinski definition) is 6. The van der Waals surface area contributed by atoms with E-state index < -0.39 is 29.3 Å². The average molecular weight is 538 g/mol. The molecule has 2 amide bonds. The fourth-order valence-corrected chi connectivity index (χ4v) is 3.91. The van der Waals surface area contributed by atoms with Crippen LogP contribution in [0.3, 0.4) is 0 Å². The van der Waals surface area contributed by atoms with Crippen LogP contribution in [0.25, 0.3) is 0 Å². The molecule has 0 aromatic heterocycles. The molecule has 39 heavy (non-hydrogen) atoms. The molecule has 0 bridgehead atoms. The molecule has 2 atom stereocenters. The summed E-state index contributed by atoms with van der Waals surface area (Å²) in [5.41, 5.74) is 1.26. The first-order chi connectivity index (χ1) is 18.7. The highest BCUT2D eigenvalue weighted by Crippen LogP contribution is 2.30. The van der Waals surface area contributed by atoms with Crippen LogP contribution in [0.15, 0.2) is 72.8 Å². The maximum absolute atomic E-state index is 13.6. The number of halogens is 1. The number of carbonyl (C=O) groups is 2. The minimum absolute atomic E-state index is 0.0111. The van der Waals surface area contributed by atoms with E-state index in [0.29, 0.717) is 12.0 Å². The molecular formula is C29H32FN3O6. The third-order valence-corrected chi connectivity index (χ3v) is 6.25. The number of nitrogens with one attached hydrogen (secondary N) is 1. The fourth-order valence-electron chi connectivity index (χ4n) is 3.91. The van der Waals surface area contributed by atoms with Gasteiger partial charge >= 0.3 is 5.69 Å². The molecule has 3 aromatic carbocycles. The molecule has 10 heteroatoms. The van der Waals surface area contributed by atoms with Gasteiger partial charge in [-0.3, -0.25) is 19.7 Å². The normalized spacial score (nSPS) is 12.2. The van der Waals surface area contributed by atoms with Gasteiger partial charge in [-0.2, -0.15) is 0 Å². The van der Waals surface area contributed by atoms with Gasteiger partial charge in [0.25, 0.3) is 5.91 Å². The van der Waals surface area contributed by atoms with Crippen molar-refractivity contribution in [2.75, 3.05) is 13.7 Å². The molecule has 0 spiro atoms. The Morgan fingerprint density at radius 2 is 1.74 bits per heavy atom. The summed E-state index contributed by atoms with van der Waals surface area (Å²) < 4.78 is 24.3. The van der Waals surface area contributed by atoms with Gasteiger partial charge in [-0.1, -0.05) is 49.4 Å². The van der Waals surface area contributed by atoms with E-state index in [4.69, 9.17) is 9.47 Å². The van der Waals surface area contributed by atoms with Crippen LogP contribution in [0.4, 0.5) is 10.1 Å². The summed E-state index contributed by atoms with van der Waals surface area (Å²) in [5, 5.41) is 14.2. The largest absolute Gasteiger partial charge is 0.490 e. The molecule has 3 aromatic rings. The fraction of sp³-hybridized carbons (Fsp3) is 0.310. The SMILES string of the molecule is CCC(C)NC(=O)C(Cc1ccccc1)N(Cc1ccc(F)cc1)C(=O)COc1ccc([N+](=O)[O-])c(OC)c1. The van der Waals surface area contributed by atoms with Gasteiger partial charge < -0.3 is 19.7 Å². The predicted molar refractivity (Wildman–Crippen MR) is 144 cm³/mol. The van der Waals surface area contributed by atoms with Gasteiger partial charge in [0.2, 0.25) is 11.7 Å².